The molecule has 0 rings (SSSR count). The molecule has 0 spiro atoms. The topological polar surface area (TPSA) is 105 Å². The third kappa shape index (κ3) is 32.5. The van der Waals surface area contributed by atoms with E-state index >= 15 is 0 Å². The fourth-order valence-corrected chi connectivity index (χ4v) is 5.18. The van der Waals surface area contributed by atoms with Gasteiger partial charge < -0.3 is 19.8 Å². The number of rotatable bonds is 31. The van der Waals surface area contributed by atoms with Gasteiger partial charge in [0.2, 0.25) is 5.91 Å². The Balaban J connectivity index is 4.69. The number of nitrogens with one attached hydrogen (secondary N) is 1. The quantitative estimate of drug-likeness (QED) is 0.0292. The summed E-state index contributed by atoms with van der Waals surface area (Å²) in [5.41, 5.74) is 0. The van der Waals surface area contributed by atoms with Crippen molar-refractivity contribution in [3.63, 3.8) is 0 Å². The normalized spacial score (nSPS) is 15.5. The van der Waals surface area contributed by atoms with Gasteiger partial charge in [0.05, 0.1) is 39.9 Å². The molecule has 3 unspecified atom stereocenters. The van der Waals surface area contributed by atoms with E-state index in [1.54, 1.807) is 6.08 Å². The van der Waals surface area contributed by atoms with Gasteiger partial charge in [-0.2, -0.15) is 0 Å². The highest BCUT2D eigenvalue weighted by molar-refractivity contribution is 7.47. The van der Waals surface area contributed by atoms with Crippen molar-refractivity contribution in [2.75, 3.05) is 40.9 Å². The number of allylic oxidation sites excluding steroid dienone is 9. The highest BCUT2D eigenvalue weighted by atomic mass is 31.2. The minimum atomic E-state index is -4.34. The van der Waals surface area contributed by atoms with Crippen LogP contribution in [0.5, 0.6) is 0 Å². The Hall–Kier alpha value is -1.80. The van der Waals surface area contributed by atoms with Crippen molar-refractivity contribution in [1.82, 2.24) is 5.32 Å². The van der Waals surface area contributed by atoms with Crippen LogP contribution in [0.1, 0.15) is 123 Å². The standard InChI is InChI=1S/C38H69N2O6P/c1-6-8-10-12-14-16-18-20-22-24-26-28-30-32-38(42)39-36(35-46-47(43,44)45-34-33-40(3,4)5)37(41)31-29-27-25-23-21-19-17-15-13-11-9-7-2/h10,12-13,15-16,18,21,23,29,31,36-37,41H,6-9,11,14,17,19-20,22,24-28,30,32-35H2,1-5H3,(H-,39,42,43,44)/p+1/b12-10-,15-13+,18-16-,23-21+,31-29+. The van der Waals surface area contributed by atoms with E-state index < -0.39 is 20.0 Å². The van der Waals surface area contributed by atoms with E-state index in [1.165, 1.54) is 19.3 Å². The zero-order chi connectivity index (χ0) is 35.1. The summed E-state index contributed by atoms with van der Waals surface area (Å²) in [6, 6.07) is -0.875. The number of aliphatic hydroxyl groups excluding tert-OH is 1. The van der Waals surface area contributed by atoms with E-state index in [1.807, 2.05) is 27.2 Å². The number of likely N-dealkylation sites (N-methyl/N-ethyl adjacent to an activating group) is 1. The molecule has 0 aliphatic carbocycles. The lowest BCUT2D eigenvalue weighted by Gasteiger charge is -2.25. The van der Waals surface area contributed by atoms with Crippen molar-refractivity contribution in [2.24, 2.45) is 0 Å². The first-order chi connectivity index (χ1) is 22.5. The molecule has 9 heteroatoms. The highest BCUT2D eigenvalue weighted by Crippen LogP contribution is 2.43. The number of amides is 1. The Morgan fingerprint density at radius 1 is 0.723 bits per heavy atom. The van der Waals surface area contributed by atoms with Gasteiger partial charge in [-0.15, -0.1) is 0 Å². The van der Waals surface area contributed by atoms with Gasteiger partial charge in [0.25, 0.3) is 0 Å². The zero-order valence-corrected chi connectivity index (χ0v) is 31.4. The van der Waals surface area contributed by atoms with Crippen molar-refractivity contribution < 1.29 is 32.9 Å². The third-order valence-corrected chi connectivity index (χ3v) is 8.40. The minimum Gasteiger partial charge on any atom is -0.387 e. The van der Waals surface area contributed by atoms with E-state index in [0.29, 0.717) is 17.4 Å². The van der Waals surface area contributed by atoms with Gasteiger partial charge in [0, 0.05) is 6.42 Å². The zero-order valence-electron chi connectivity index (χ0n) is 30.5. The average molecular weight is 682 g/mol. The molecule has 0 radical (unpaired) electrons. The number of nitrogens with zero attached hydrogens (tertiary/aromatic N) is 1. The van der Waals surface area contributed by atoms with E-state index in [9.17, 15) is 19.4 Å². The molecule has 0 bridgehead atoms. The first kappa shape index (κ1) is 45.2. The van der Waals surface area contributed by atoms with Gasteiger partial charge in [0.1, 0.15) is 13.2 Å². The Labute approximate surface area is 288 Å². The number of carbonyl (C=O) groups is 1. The van der Waals surface area contributed by atoms with Crippen LogP contribution in [-0.4, -0.2) is 73.4 Å². The molecule has 3 atom stereocenters. The molecule has 47 heavy (non-hydrogen) atoms. The number of quaternary nitrogens is 1. The summed E-state index contributed by atoms with van der Waals surface area (Å²) < 4.78 is 23.4. The van der Waals surface area contributed by atoms with Crippen LogP contribution >= 0.6 is 7.82 Å². The molecule has 0 aromatic heterocycles. The van der Waals surface area contributed by atoms with Crippen LogP contribution in [0.2, 0.25) is 0 Å². The first-order valence-electron chi connectivity index (χ1n) is 18.2. The Kier molecular flexibility index (Phi) is 29.1. The van der Waals surface area contributed by atoms with Gasteiger partial charge in [0.15, 0.2) is 0 Å². The first-order valence-corrected chi connectivity index (χ1v) is 19.7. The van der Waals surface area contributed by atoms with Gasteiger partial charge in [-0.25, -0.2) is 4.57 Å². The fourth-order valence-electron chi connectivity index (χ4n) is 4.45. The second-order valence-corrected chi connectivity index (χ2v) is 14.7. The maximum absolute atomic E-state index is 12.7. The molecule has 0 aliphatic heterocycles. The van der Waals surface area contributed by atoms with Crippen LogP contribution in [0.25, 0.3) is 0 Å². The van der Waals surface area contributed by atoms with E-state index in [0.717, 1.165) is 83.5 Å². The highest BCUT2D eigenvalue weighted by Gasteiger charge is 2.27. The Morgan fingerprint density at radius 2 is 1.28 bits per heavy atom. The molecule has 1 amide bonds. The van der Waals surface area contributed by atoms with Crippen LogP contribution in [0, 0.1) is 0 Å². The molecular weight excluding hydrogens is 611 g/mol. The molecule has 0 aromatic carbocycles. The lowest BCUT2D eigenvalue weighted by Crippen LogP contribution is -2.45. The van der Waals surface area contributed by atoms with Gasteiger partial charge >= 0.3 is 7.82 Å². The van der Waals surface area contributed by atoms with Crippen LogP contribution in [0.3, 0.4) is 0 Å². The molecule has 0 saturated heterocycles. The molecular formula is C38H70N2O6P+. The molecule has 272 valence electrons. The predicted molar refractivity (Wildman–Crippen MR) is 198 cm³/mol. The molecule has 8 nitrogen and oxygen atoms in total. The lowest BCUT2D eigenvalue weighted by atomic mass is 10.1. The van der Waals surface area contributed by atoms with Crippen LogP contribution in [-0.2, 0) is 18.4 Å². The van der Waals surface area contributed by atoms with Crippen molar-refractivity contribution in [1.29, 1.82) is 0 Å². The summed E-state index contributed by atoms with van der Waals surface area (Å²) in [6.45, 7) is 4.61. The van der Waals surface area contributed by atoms with Gasteiger partial charge in [-0.3, -0.25) is 13.8 Å². The number of hydrogen-bond donors (Lipinski definition) is 3. The SMILES string of the molecule is CCC/C=C\C/C=C\CCCCCCCC(=O)NC(COP(=O)(O)OCC[N+](C)(C)C)C(O)/C=C/CC/C=C/CC/C=C/CCCC. The number of aliphatic hydroxyl groups is 1. The van der Waals surface area contributed by atoms with Crippen LogP contribution < -0.4 is 5.32 Å². The maximum Gasteiger partial charge on any atom is 0.472 e. The summed E-state index contributed by atoms with van der Waals surface area (Å²) in [5, 5.41) is 13.7. The van der Waals surface area contributed by atoms with E-state index in [-0.39, 0.29) is 19.1 Å². The van der Waals surface area contributed by atoms with Crippen LogP contribution in [0.4, 0.5) is 0 Å². The molecule has 0 saturated carbocycles. The minimum absolute atomic E-state index is 0.0477. The average Bonchev–Trinajstić information content (AvgIpc) is 3.01. The van der Waals surface area contributed by atoms with Gasteiger partial charge in [-0.1, -0.05) is 113 Å². The predicted octanol–water partition coefficient (Wildman–Crippen LogP) is 9.12. The monoisotopic (exact) mass is 681 g/mol. The summed E-state index contributed by atoms with van der Waals surface area (Å²) in [7, 11) is 1.52. The third-order valence-electron chi connectivity index (χ3n) is 7.42. The van der Waals surface area contributed by atoms with Crippen molar-refractivity contribution in [3.05, 3.63) is 60.8 Å². The number of phosphoric acid groups is 1. The molecule has 0 heterocycles. The molecule has 0 aliphatic rings. The van der Waals surface area contributed by atoms with Crippen molar-refractivity contribution in [2.45, 2.75) is 135 Å². The molecule has 0 fully saturated rings. The lowest BCUT2D eigenvalue weighted by molar-refractivity contribution is -0.870. The Morgan fingerprint density at radius 3 is 1.91 bits per heavy atom. The van der Waals surface area contributed by atoms with Crippen molar-refractivity contribution >= 4 is 13.7 Å². The second kappa shape index (κ2) is 30.3. The number of unbranched alkanes of at least 4 members (excludes halogenated alkanes) is 10. The number of phosphoric ester groups is 1. The summed E-state index contributed by atoms with van der Waals surface area (Å²) in [6.07, 6.45) is 37.1. The van der Waals surface area contributed by atoms with Crippen LogP contribution in [0.15, 0.2) is 60.8 Å². The number of hydrogen-bond acceptors (Lipinski definition) is 5. The van der Waals surface area contributed by atoms with Crippen molar-refractivity contribution in [3.8, 4) is 0 Å². The fraction of sp³-hybridized carbons (Fsp3) is 0.711. The summed E-state index contributed by atoms with van der Waals surface area (Å²) in [5.74, 6) is -0.212. The Bertz CT molecular complexity index is 954. The molecule has 3 N–H and O–H groups in total. The maximum atomic E-state index is 12.7. The second-order valence-electron chi connectivity index (χ2n) is 13.2. The largest absolute Gasteiger partial charge is 0.472 e. The molecule has 0 aromatic rings. The van der Waals surface area contributed by atoms with E-state index in [4.69, 9.17) is 9.05 Å². The van der Waals surface area contributed by atoms with E-state index in [2.05, 4.69) is 67.8 Å². The number of carbonyl (C=O) groups excluding carboxylic acids is 1. The summed E-state index contributed by atoms with van der Waals surface area (Å²) in [4.78, 5) is 22.9. The summed E-state index contributed by atoms with van der Waals surface area (Å²) >= 11 is 0. The smallest absolute Gasteiger partial charge is 0.387 e. The van der Waals surface area contributed by atoms with Gasteiger partial charge in [-0.05, 0) is 64.2 Å².